The molecule has 6 aromatic rings. The third-order valence-electron chi connectivity index (χ3n) is 11.0. The summed E-state index contributed by atoms with van der Waals surface area (Å²) in [5, 5.41) is 32.7. The molecule has 3 saturated heterocycles. The fraction of sp³-hybridized carbons (Fsp3) is 0.410. The van der Waals surface area contributed by atoms with Crippen molar-refractivity contribution in [3.63, 3.8) is 0 Å². The van der Waals surface area contributed by atoms with Gasteiger partial charge in [-0.2, -0.15) is 10.4 Å². The molecule has 9 rings (SSSR count). The highest BCUT2D eigenvalue weighted by Gasteiger charge is 2.30. The number of nitrogens with zero attached hydrogens (tertiary/aromatic N) is 10. The number of hydrogen-bond donors (Lipinski definition) is 2. The van der Waals surface area contributed by atoms with Gasteiger partial charge in [-0.05, 0) is 69.0 Å². The van der Waals surface area contributed by atoms with Crippen LogP contribution in [0.1, 0.15) is 38.7 Å². The van der Waals surface area contributed by atoms with Gasteiger partial charge >= 0.3 is 6.03 Å². The Bertz CT molecular complexity index is 2480. The number of amides is 3. The van der Waals surface area contributed by atoms with Crippen molar-refractivity contribution in [1.29, 1.82) is 5.26 Å². The number of imide groups is 1. The molecule has 2 aromatic carbocycles. The average Bonchev–Trinajstić information content (AvgIpc) is 3.91. The number of aromatic nitrogens is 5. The normalized spacial score (nSPS) is 17.5. The number of furan rings is 1. The highest BCUT2D eigenvalue weighted by atomic mass is 32.1. The van der Waals surface area contributed by atoms with Crippen molar-refractivity contribution in [2.75, 3.05) is 72.4 Å². The van der Waals surface area contributed by atoms with Gasteiger partial charge < -0.3 is 19.5 Å². The Kier molecular flexibility index (Phi) is 8.98. The van der Waals surface area contributed by atoms with E-state index in [2.05, 4.69) is 72.7 Å². The third kappa shape index (κ3) is 6.57. The summed E-state index contributed by atoms with van der Waals surface area (Å²) in [5.41, 5.74) is 6.41. The highest BCUT2D eigenvalue weighted by Crippen LogP contribution is 2.41. The molecule has 0 bridgehead atoms. The summed E-state index contributed by atoms with van der Waals surface area (Å²) in [6.07, 6.45) is 4.38. The molecule has 15 nitrogen and oxygen atoms in total. The Balaban J connectivity index is 0.816. The van der Waals surface area contributed by atoms with Crippen LogP contribution in [0.15, 0.2) is 47.0 Å². The van der Waals surface area contributed by atoms with Crippen LogP contribution in [0.3, 0.4) is 0 Å². The Morgan fingerprint density at radius 1 is 1.00 bits per heavy atom. The van der Waals surface area contributed by atoms with E-state index in [1.54, 1.807) is 28.4 Å². The fourth-order valence-corrected chi connectivity index (χ4v) is 8.97. The van der Waals surface area contributed by atoms with Crippen molar-refractivity contribution < 1.29 is 14.0 Å². The number of nitrogens with one attached hydrogen (secondary N) is 2. The number of rotatable bonds is 8. The standard InChI is InChI=1S/C39H42N12O3S/c1-23(2)42-34-29(21-41-33-28-6-4-25(20-40)18-31(28)54-35(33)34)37-44-45-39(55-37)50-16-14-48(15-17-50)22-24-8-11-49(12-9-24)26-5-7-27-30(19-26)47(3)46-36(27)51-13-10-32(52)43-38(51)53/h4-7,18-19,21,23-24H,8-17,22H2,1-3H3,(H,41,42)(H,43,52,53). The molecule has 3 amide bonds. The summed E-state index contributed by atoms with van der Waals surface area (Å²) in [6, 6.07) is 13.7. The van der Waals surface area contributed by atoms with Gasteiger partial charge in [0.1, 0.15) is 11.1 Å². The number of hydrogen-bond acceptors (Lipinski definition) is 13. The first-order valence-corrected chi connectivity index (χ1v) is 19.7. The highest BCUT2D eigenvalue weighted by molar-refractivity contribution is 7.18. The summed E-state index contributed by atoms with van der Waals surface area (Å²) in [4.78, 5) is 37.9. The first kappa shape index (κ1) is 34.9. The SMILES string of the molecule is CC(C)Nc1c(-c2nnc(N3CCN(CC4CCN(c5ccc6c(N7CCC(=O)NC7=O)nn(C)c6c5)CC4)CC3)s2)cnc2c1oc1cc(C#N)ccc12. The van der Waals surface area contributed by atoms with Crippen molar-refractivity contribution in [1.82, 2.24) is 35.2 Å². The first-order chi connectivity index (χ1) is 26.7. The molecular weight excluding hydrogens is 717 g/mol. The second-order valence-corrected chi connectivity index (χ2v) is 15.9. The minimum Gasteiger partial charge on any atom is -0.452 e. The molecule has 3 fully saturated rings. The van der Waals surface area contributed by atoms with Gasteiger partial charge in [0.2, 0.25) is 11.0 Å². The Morgan fingerprint density at radius 3 is 2.56 bits per heavy atom. The molecule has 0 atom stereocenters. The van der Waals surface area contributed by atoms with Crippen molar-refractivity contribution >= 4 is 78.6 Å². The number of anilines is 4. The van der Waals surface area contributed by atoms with Crippen LogP contribution in [-0.4, -0.2) is 100 Å². The molecule has 16 heteroatoms. The second-order valence-electron chi connectivity index (χ2n) is 15.0. The Morgan fingerprint density at radius 2 is 1.80 bits per heavy atom. The molecule has 3 aliphatic rings. The van der Waals surface area contributed by atoms with Gasteiger partial charge in [-0.25, -0.2) is 4.79 Å². The van der Waals surface area contributed by atoms with Gasteiger partial charge in [0.15, 0.2) is 16.4 Å². The molecule has 4 aromatic heterocycles. The summed E-state index contributed by atoms with van der Waals surface area (Å²) >= 11 is 1.58. The van der Waals surface area contributed by atoms with E-state index in [0.29, 0.717) is 35.0 Å². The van der Waals surface area contributed by atoms with Crippen molar-refractivity contribution in [2.45, 2.75) is 39.2 Å². The van der Waals surface area contributed by atoms with Crippen LogP contribution in [0, 0.1) is 17.2 Å². The van der Waals surface area contributed by atoms with Crippen LogP contribution in [0.4, 0.5) is 27.1 Å². The lowest BCUT2D eigenvalue weighted by atomic mass is 9.95. The maximum absolute atomic E-state index is 12.5. The van der Waals surface area contributed by atoms with Crippen LogP contribution >= 0.6 is 11.3 Å². The van der Waals surface area contributed by atoms with Gasteiger partial charge in [0.05, 0.1) is 28.4 Å². The average molecular weight is 759 g/mol. The summed E-state index contributed by atoms with van der Waals surface area (Å²) in [6.45, 7) is 11.3. The first-order valence-electron chi connectivity index (χ1n) is 18.9. The molecule has 0 unspecified atom stereocenters. The van der Waals surface area contributed by atoms with E-state index < -0.39 is 6.03 Å². The lowest BCUT2D eigenvalue weighted by Crippen LogP contribution is -2.49. The van der Waals surface area contributed by atoms with Crippen LogP contribution in [0.25, 0.3) is 43.5 Å². The van der Waals surface area contributed by atoms with Crippen LogP contribution < -0.4 is 25.3 Å². The Hall–Kier alpha value is -5.79. The van der Waals surface area contributed by atoms with Gasteiger partial charge in [-0.1, -0.05) is 11.3 Å². The number of aryl methyl sites for hydroxylation is 1. The molecule has 55 heavy (non-hydrogen) atoms. The van der Waals surface area contributed by atoms with Crippen LogP contribution in [-0.2, 0) is 11.8 Å². The zero-order valence-electron chi connectivity index (χ0n) is 31.1. The zero-order valence-corrected chi connectivity index (χ0v) is 31.9. The third-order valence-corrected chi connectivity index (χ3v) is 12.0. The summed E-state index contributed by atoms with van der Waals surface area (Å²) in [7, 11) is 1.90. The number of carbonyl (C=O) groups excluding carboxylic acids is 2. The van der Waals surface area contributed by atoms with Gasteiger partial charge in [-0.3, -0.25) is 29.6 Å². The predicted octanol–water partition coefficient (Wildman–Crippen LogP) is 5.56. The zero-order chi connectivity index (χ0) is 37.8. The second kappa shape index (κ2) is 14.1. The van der Waals surface area contributed by atoms with E-state index >= 15 is 0 Å². The van der Waals surface area contributed by atoms with E-state index in [4.69, 9.17) is 9.40 Å². The molecule has 0 saturated carbocycles. The van der Waals surface area contributed by atoms with E-state index in [9.17, 15) is 14.9 Å². The number of piperazine rings is 1. The van der Waals surface area contributed by atoms with Crippen LogP contribution in [0.5, 0.6) is 0 Å². The summed E-state index contributed by atoms with van der Waals surface area (Å²) in [5.74, 6) is 0.975. The fourth-order valence-electron chi connectivity index (χ4n) is 8.06. The van der Waals surface area contributed by atoms with Crippen molar-refractivity contribution in [3.8, 4) is 16.6 Å². The van der Waals surface area contributed by atoms with Gasteiger partial charge in [0, 0.05) is 94.5 Å². The van der Waals surface area contributed by atoms with E-state index in [1.165, 1.54) is 5.69 Å². The largest absolute Gasteiger partial charge is 0.452 e. The van der Waals surface area contributed by atoms with Crippen molar-refractivity contribution in [2.24, 2.45) is 13.0 Å². The molecular formula is C39H42N12O3S. The van der Waals surface area contributed by atoms with Gasteiger partial charge in [-0.15, -0.1) is 10.2 Å². The lowest BCUT2D eigenvalue weighted by Gasteiger charge is -2.39. The van der Waals surface area contributed by atoms with E-state index in [0.717, 1.165) is 102 Å². The number of nitriles is 1. The minimum atomic E-state index is -0.420. The minimum absolute atomic E-state index is 0.150. The van der Waals surface area contributed by atoms with Crippen LogP contribution in [0.2, 0.25) is 0 Å². The molecule has 0 radical (unpaired) electrons. The molecule has 0 aliphatic carbocycles. The van der Waals surface area contributed by atoms with Gasteiger partial charge in [0.25, 0.3) is 0 Å². The predicted molar refractivity (Wildman–Crippen MR) is 214 cm³/mol. The van der Waals surface area contributed by atoms with E-state index in [1.807, 2.05) is 30.1 Å². The monoisotopic (exact) mass is 758 g/mol. The number of fused-ring (bicyclic) bond motifs is 4. The molecule has 0 spiro atoms. The number of piperidine rings is 1. The maximum atomic E-state index is 12.5. The van der Waals surface area contributed by atoms with E-state index in [-0.39, 0.29) is 18.4 Å². The molecule has 2 N–H and O–H groups in total. The number of pyridine rings is 1. The maximum Gasteiger partial charge on any atom is 0.329 e. The topological polar surface area (TPSA) is 165 Å². The number of benzene rings is 2. The molecule has 282 valence electrons. The van der Waals surface area contributed by atoms with Crippen molar-refractivity contribution in [3.05, 3.63) is 48.2 Å². The quantitative estimate of drug-likeness (QED) is 0.199. The smallest absolute Gasteiger partial charge is 0.329 e. The summed E-state index contributed by atoms with van der Waals surface area (Å²) < 4.78 is 8.12. The lowest BCUT2D eigenvalue weighted by molar-refractivity contribution is -0.120. The molecule has 3 aliphatic heterocycles. The number of urea groups is 1. The number of carbonyl (C=O) groups is 2. The molecule has 7 heterocycles. The Labute approximate surface area is 321 Å².